The van der Waals surface area contributed by atoms with Crippen molar-refractivity contribution in [1.82, 2.24) is 10.2 Å². The summed E-state index contributed by atoms with van der Waals surface area (Å²) in [6.45, 7) is 7.98. The number of nitriles is 1. The molecular formula is C17H31N3. The summed E-state index contributed by atoms with van der Waals surface area (Å²) in [5.41, 5.74) is -0.219. The summed E-state index contributed by atoms with van der Waals surface area (Å²) in [4.78, 5) is 2.46. The van der Waals surface area contributed by atoms with Gasteiger partial charge >= 0.3 is 0 Å². The van der Waals surface area contributed by atoms with E-state index in [-0.39, 0.29) is 5.54 Å². The standard InChI is InChI=1S/C17H31N3/c1-13(2)14(3)20(4)11-9-15-6-5-10-17(15,12-18)19-16-7-8-16/h13-16,19H,5-11H2,1-4H3. The van der Waals surface area contributed by atoms with E-state index in [1.54, 1.807) is 0 Å². The first-order valence-corrected chi connectivity index (χ1v) is 8.37. The van der Waals surface area contributed by atoms with Crippen molar-refractivity contribution in [1.29, 1.82) is 5.26 Å². The molecule has 2 aliphatic rings. The average Bonchev–Trinajstić information content (AvgIpc) is 3.14. The molecule has 3 unspecified atom stereocenters. The molecule has 0 spiro atoms. The van der Waals surface area contributed by atoms with Crippen LogP contribution in [0.15, 0.2) is 0 Å². The maximum atomic E-state index is 9.70. The molecule has 0 heterocycles. The summed E-state index contributed by atoms with van der Waals surface area (Å²) in [7, 11) is 2.22. The molecule has 0 aliphatic heterocycles. The smallest absolute Gasteiger partial charge is 0.109 e. The molecule has 2 saturated carbocycles. The Bertz CT molecular complexity index is 356. The van der Waals surface area contributed by atoms with Crippen LogP contribution in [-0.4, -0.2) is 36.1 Å². The van der Waals surface area contributed by atoms with E-state index in [0.717, 1.165) is 19.4 Å². The Morgan fingerprint density at radius 3 is 2.55 bits per heavy atom. The van der Waals surface area contributed by atoms with Gasteiger partial charge in [-0.25, -0.2) is 0 Å². The summed E-state index contributed by atoms with van der Waals surface area (Å²) in [5, 5.41) is 13.4. The molecule has 2 rings (SSSR count). The van der Waals surface area contributed by atoms with Gasteiger partial charge in [0.2, 0.25) is 0 Å². The molecule has 0 aromatic rings. The van der Waals surface area contributed by atoms with Crippen molar-refractivity contribution in [2.75, 3.05) is 13.6 Å². The lowest BCUT2D eigenvalue weighted by molar-refractivity contribution is 0.181. The number of nitrogens with one attached hydrogen (secondary N) is 1. The third kappa shape index (κ3) is 3.54. The third-order valence-corrected chi connectivity index (χ3v) is 5.55. The quantitative estimate of drug-likeness (QED) is 0.777. The normalized spacial score (nSPS) is 31.8. The molecule has 0 bridgehead atoms. The highest BCUT2D eigenvalue weighted by Gasteiger charge is 2.45. The Kier molecular flexibility index (Phi) is 5.09. The summed E-state index contributed by atoms with van der Waals surface area (Å²) >= 11 is 0. The molecular weight excluding hydrogens is 246 g/mol. The van der Waals surface area contributed by atoms with Crippen molar-refractivity contribution in [2.24, 2.45) is 11.8 Å². The SMILES string of the molecule is CC(C)C(C)N(C)CCC1CCCC1(C#N)NC1CC1. The molecule has 2 aliphatic carbocycles. The highest BCUT2D eigenvalue weighted by molar-refractivity contribution is 5.16. The second-order valence-electron chi connectivity index (χ2n) is 7.34. The molecule has 1 N–H and O–H groups in total. The van der Waals surface area contributed by atoms with Gasteiger partial charge in [-0.05, 0) is 64.5 Å². The molecule has 3 nitrogen and oxygen atoms in total. The summed E-state index contributed by atoms with van der Waals surface area (Å²) in [6.07, 6.45) is 7.16. The predicted molar refractivity (Wildman–Crippen MR) is 83.4 cm³/mol. The number of rotatable bonds is 7. The van der Waals surface area contributed by atoms with Crippen molar-refractivity contribution in [3.05, 3.63) is 0 Å². The molecule has 0 amide bonds. The van der Waals surface area contributed by atoms with Crippen LogP contribution < -0.4 is 5.32 Å². The Balaban J connectivity index is 1.89. The van der Waals surface area contributed by atoms with E-state index in [9.17, 15) is 5.26 Å². The number of hydrogen-bond donors (Lipinski definition) is 1. The first-order chi connectivity index (χ1) is 9.48. The number of hydrogen-bond acceptors (Lipinski definition) is 3. The van der Waals surface area contributed by atoms with Gasteiger partial charge in [-0.1, -0.05) is 20.3 Å². The third-order valence-electron chi connectivity index (χ3n) is 5.55. The van der Waals surface area contributed by atoms with Crippen molar-refractivity contribution in [3.63, 3.8) is 0 Å². The van der Waals surface area contributed by atoms with Crippen molar-refractivity contribution in [2.45, 2.75) is 76.9 Å². The van der Waals surface area contributed by atoms with E-state index in [1.165, 1.54) is 25.7 Å². The zero-order valence-corrected chi connectivity index (χ0v) is 13.7. The van der Waals surface area contributed by atoms with Crippen LogP contribution in [0.5, 0.6) is 0 Å². The van der Waals surface area contributed by atoms with E-state index >= 15 is 0 Å². The van der Waals surface area contributed by atoms with Gasteiger partial charge in [0, 0.05) is 12.1 Å². The van der Waals surface area contributed by atoms with Crippen LogP contribution in [0.2, 0.25) is 0 Å². The van der Waals surface area contributed by atoms with Crippen molar-refractivity contribution in [3.8, 4) is 6.07 Å². The maximum absolute atomic E-state index is 9.70. The van der Waals surface area contributed by atoms with Crippen LogP contribution in [0, 0.1) is 23.2 Å². The number of nitrogens with zero attached hydrogens (tertiary/aromatic N) is 2. The maximum Gasteiger partial charge on any atom is 0.109 e. The van der Waals surface area contributed by atoms with Crippen LogP contribution >= 0.6 is 0 Å². The minimum atomic E-state index is -0.219. The van der Waals surface area contributed by atoms with E-state index < -0.39 is 0 Å². The average molecular weight is 277 g/mol. The van der Waals surface area contributed by atoms with E-state index in [1.807, 2.05) is 0 Å². The lowest BCUT2D eigenvalue weighted by Gasteiger charge is -2.33. The topological polar surface area (TPSA) is 39.1 Å². The van der Waals surface area contributed by atoms with Crippen molar-refractivity contribution >= 4 is 0 Å². The first kappa shape index (κ1) is 15.8. The first-order valence-electron chi connectivity index (χ1n) is 8.37. The van der Waals surface area contributed by atoms with Crippen LogP contribution in [-0.2, 0) is 0 Å². The Hall–Kier alpha value is -0.590. The van der Waals surface area contributed by atoms with Gasteiger partial charge in [-0.3, -0.25) is 5.32 Å². The van der Waals surface area contributed by atoms with Gasteiger partial charge in [0.25, 0.3) is 0 Å². The monoisotopic (exact) mass is 277 g/mol. The largest absolute Gasteiger partial charge is 0.303 e. The van der Waals surface area contributed by atoms with E-state index in [4.69, 9.17) is 0 Å². The molecule has 3 heteroatoms. The molecule has 114 valence electrons. The van der Waals surface area contributed by atoms with Gasteiger partial charge < -0.3 is 4.90 Å². The zero-order chi connectivity index (χ0) is 14.8. The minimum absolute atomic E-state index is 0.219. The Labute approximate surface area is 124 Å². The summed E-state index contributed by atoms with van der Waals surface area (Å²) in [6, 6.07) is 3.89. The molecule has 0 aromatic carbocycles. The lowest BCUT2D eigenvalue weighted by atomic mass is 9.85. The molecule has 20 heavy (non-hydrogen) atoms. The second kappa shape index (κ2) is 6.45. The lowest BCUT2D eigenvalue weighted by Crippen LogP contribution is -2.49. The van der Waals surface area contributed by atoms with Gasteiger partial charge in [0.05, 0.1) is 6.07 Å². The zero-order valence-electron chi connectivity index (χ0n) is 13.7. The molecule has 2 fully saturated rings. The fourth-order valence-corrected chi connectivity index (χ4v) is 3.50. The molecule has 0 saturated heterocycles. The highest BCUT2D eigenvalue weighted by atomic mass is 15.1. The van der Waals surface area contributed by atoms with Gasteiger partial charge in [-0.2, -0.15) is 5.26 Å². The minimum Gasteiger partial charge on any atom is -0.303 e. The van der Waals surface area contributed by atoms with E-state index in [2.05, 4.69) is 44.1 Å². The highest BCUT2D eigenvalue weighted by Crippen LogP contribution is 2.40. The fraction of sp³-hybridized carbons (Fsp3) is 0.941. The second-order valence-corrected chi connectivity index (χ2v) is 7.34. The predicted octanol–water partition coefficient (Wildman–Crippen LogP) is 3.17. The van der Waals surface area contributed by atoms with Crippen LogP contribution in [0.4, 0.5) is 0 Å². The van der Waals surface area contributed by atoms with Crippen LogP contribution in [0.3, 0.4) is 0 Å². The molecule has 0 aromatic heterocycles. The Morgan fingerprint density at radius 1 is 1.30 bits per heavy atom. The van der Waals surface area contributed by atoms with Gasteiger partial charge in [0.15, 0.2) is 0 Å². The Morgan fingerprint density at radius 2 is 2.00 bits per heavy atom. The molecule has 0 radical (unpaired) electrons. The fourth-order valence-electron chi connectivity index (χ4n) is 3.50. The van der Waals surface area contributed by atoms with E-state index in [0.29, 0.717) is 23.9 Å². The van der Waals surface area contributed by atoms with Crippen LogP contribution in [0.25, 0.3) is 0 Å². The summed E-state index contributed by atoms with van der Waals surface area (Å²) < 4.78 is 0. The van der Waals surface area contributed by atoms with Gasteiger partial charge in [-0.15, -0.1) is 0 Å². The van der Waals surface area contributed by atoms with Gasteiger partial charge in [0.1, 0.15) is 5.54 Å². The molecule has 3 atom stereocenters. The van der Waals surface area contributed by atoms with Crippen LogP contribution in [0.1, 0.15) is 59.3 Å². The van der Waals surface area contributed by atoms with Crippen molar-refractivity contribution < 1.29 is 0 Å². The summed E-state index contributed by atoms with van der Waals surface area (Å²) in [5.74, 6) is 1.23.